The molecule has 0 spiro atoms. The Labute approximate surface area is 569 Å². The molecular weight excluding hydrogens is 1220 g/mol. The first-order valence-corrected chi connectivity index (χ1v) is 33.5. The minimum atomic E-state index is -0.989. The van der Waals surface area contributed by atoms with Gasteiger partial charge in [-0.1, -0.05) is 139 Å². The summed E-state index contributed by atoms with van der Waals surface area (Å²) < 4.78 is 0. The molecule has 1 unspecified atom stereocenters. The molecule has 0 fully saturated rings. The number of thiocarbonyl (C=S) groups is 1. The van der Waals surface area contributed by atoms with Gasteiger partial charge in [-0.3, -0.25) is 43.2 Å². The van der Waals surface area contributed by atoms with Crippen molar-refractivity contribution in [3.8, 4) is 0 Å². The van der Waals surface area contributed by atoms with Crippen LogP contribution < -0.4 is 80.3 Å². The van der Waals surface area contributed by atoms with Gasteiger partial charge in [-0.2, -0.15) is 0 Å². The van der Waals surface area contributed by atoms with Gasteiger partial charge in [0.05, 0.1) is 54.0 Å². The fraction of sp³-hybridized carbons (Fsp3) is 0.761. The molecule has 0 heterocycles. The third-order valence-electron chi connectivity index (χ3n) is 14.6. The van der Waals surface area contributed by atoms with Crippen LogP contribution in [0.25, 0.3) is 0 Å². The van der Waals surface area contributed by atoms with Crippen LogP contribution in [0, 0.1) is 59.2 Å². The molecule has 26 nitrogen and oxygen atoms in total. The number of hydrogen-bond acceptors (Lipinski definition) is 24. The summed E-state index contributed by atoms with van der Waals surface area (Å²) in [5.41, 5.74) is 76.5. The van der Waals surface area contributed by atoms with Crippen LogP contribution in [0.2, 0.25) is 0 Å². The van der Waals surface area contributed by atoms with Gasteiger partial charge in [0, 0.05) is 94.7 Å². The van der Waals surface area contributed by atoms with Crippen LogP contribution in [-0.2, 0) is 49.6 Å². The Morgan fingerprint density at radius 1 is 0.404 bits per heavy atom. The average molecular weight is 1360 g/mol. The van der Waals surface area contributed by atoms with Crippen molar-refractivity contribution in [1.29, 1.82) is 0 Å². The number of carbonyl (C=O) groups excluding carboxylic acids is 6. The molecule has 94 heavy (non-hydrogen) atoms. The Hall–Kier alpha value is -4.82. The van der Waals surface area contributed by atoms with Crippen molar-refractivity contribution in [3.05, 3.63) is 35.9 Å². The third-order valence-corrected chi connectivity index (χ3v) is 15.1. The summed E-state index contributed by atoms with van der Waals surface area (Å²) in [6.45, 7) is 29.3. The molecule has 0 aliphatic carbocycles. The molecule has 0 aliphatic rings. The van der Waals surface area contributed by atoms with Crippen molar-refractivity contribution in [2.24, 2.45) is 139 Å². The average Bonchev–Trinajstić information content (AvgIpc) is 1.16. The third kappa shape index (κ3) is 55.3. The highest BCUT2D eigenvalue weighted by Crippen LogP contribution is 2.21. The van der Waals surface area contributed by atoms with E-state index in [1.54, 1.807) is 6.92 Å². The predicted octanol–water partition coefficient (Wildman–Crippen LogP) is 2.68. The van der Waals surface area contributed by atoms with Gasteiger partial charge in [0.1, 0.15) is 0 Å². The van der Waals surface area contributed by atoms with E-state index in [1.165, 1.54) is 0 Å². The van der Waals surface area contributed by atoms with E-state index in [4.69, 9.17) is 108 Å². The van der Waals surface area contributed by atoms with Crippen molar-refractivity contribution in [3.63, 3.8) is 0 Å². The van der Waals surface area contributed by atoms with E-state index in [-0.39, 0.29) is 105 Å². The SMILES string of the molecule is CC(C)CC(=O)[C@H](N)CN.CC(C)C[C@@H](C)CC(=O)[C@@H](N)CN.CC(C)C[C@@H](C)CC(=O)[C@@H](N)[C@H](C)N.CC(C)C[C@H](CC(=S)[C@@H](N)CN)C(=O)O.CCC(C)[C@H](CC(=O)[C@@H](N)CN)C(=O)O.CCCC(=O)[C@@H](N)CN.NC[C@H](N)C(=O)C[C@@H](Cc1ccccc1)C(=O)O. The summed E-state index contributed by atoms with van der Waals surface area (Å²) in [5, 5.41) is 27.1. The summed E-state index contributed by atoms with van der Waals surface area (Å²) in [7, 11) is 0. The van der Waals surface area contributed by atoms with Crippen LogP contribution in [-0.4, -0.2) is 160 Å². The van der Waals surface area contributed by atoms with Crippen LogP contribution in [0.15, 0.2) is 30.3 Å². The molecule has 550 valence electrons. The van der Waals surface area contributed by atoms with Crippen molar-refractivity contribution in [2.75, 3.05) is 39.3 Å². The lowest BCUT2D eigenvalue weighted by Crippen LogP contribution is -2.45. The Bertz CT molecular complexity index is 2230. The predicted molar refractivity (Wildman–Crippen MR) is 384 cm³/mol. The second-order valence-corrected chi connectivity index (χ2v) is 26.8. The minimum Gasteiger partial charge on any atom is -0.481 e. The zero-order chi connectivity index (χ0) is 74.7. The number of hydrogen-bond donors (Lipinski definition) is 17. The molecule has 14 atom stereocenters. The van der Waals surface area contributed by atoms with E-state index >= 15 is 0 Å². The van der Waals surface area contributed by atoms with Crippen molar-refractivity contribution in [1.82, 2.24) is 0 Å². The summed E-state index contributed by atoms with van der Waals surface area (Å²) in [6, 6.07) is 5.22. The van der Waals surface area contributed by atoms with Gasteiger partial charge in [-0.15, -0.1) is 0 Å². The maximum absolute atomic E-state index is 11.6. The molecule has 0 radical (unpaired) electrons. The van der Waals surface area contributed by atoms with E-state index < -0.39 is 71.9 Å². The zero-order valence-electron chi connectivity index (χ0n) is 59.7. The lowest BCUT2D eigenvalue weighted by Gasteiger charge is -2.19. The van der Waals surface area contributed by atoms with E-state index in [9.17, 15) is 43.2 Å². The van der Waals surface area contributed by atoms with Crippen LogP contribution in [0.1, 0.15) is 180 Å². The quantitative estimate of drug-likeness (QED) is 0.0419. The first kappa shape index (κ1) is 100. The number of ketones is 6. The fourth-order valence-electron chi connectivity index (χ4n) is 8.78. The maximum Gasteiger partial charge on any atom is 0.307 e. The van der Waals surface area contributed by atoms with E-state index in [0.29, 0.717) is 85.3 Å². The molecular formula is C67H134N14O12S. The van der Waals surface area contributed by atoms with Gasteiger partial charge >= 0.3 is 17.9 Å². The summed E-state index contributed by atoms with van der Waals surface area (Å²) in [6.07, 6.45) is 7.11. The van der Waals surface area contributed by atoms with Crippen LogP contribution in [0.4, 0.5) is 0 Å². The lowest BCUT2D eigenvalue weighted by atomic mass is 9.86. The fourth-order valence-corrected chi connectivity index (χ4v) is 9.07. The largest absolute Gasteiger partial charge is 0.481 e. The minimum absolute atomic E-state index is 0.0251. The monoisotopic (exact) mass is 1360 g/mol. The number of carboxylic acid groups (broad SMARTS) is 3. The molecule has 27 heteroatoms. The summed E-state index contributed by atoms with van der Waals surface area (Å²) in [5.74, 6) is -2.06. The van der Waals surface area contributed by atoms with Crippen LogP contribution in [0.5, 0.6) is 0 Å². The number of benzene rings is 1. The Balaban J connectivity index is -0.000000243. The molecule has 0 aromatic heterocycles. The van der Waals surface area contributed by atoms with Crippen LogP contribution in [0.3, 0.4) is 0 Å². The van der Waals surface area contributed by atoms with Crippen molar-refractivity contribution < 1.29 is 58.5 Å². The first-order chi connectivity index (χ1) is 43.5. The Kier molecular flexibility index (Phi) is 63.4. The highest BCUT2D eigenvalue weighted by Gasteiger charge is 2.29. The smallest absolute Gasteiger partial charge is 0.307 e. The van der Waals surface area contributed by atoms with E-state index in [1.807, 2.05) is 78.8 Å². The Morgan fingerprint density at radius 2 is 0.755 bits per heavy atom. The summed E-state index contributed by atoms with van der Waals surface area (Å²) in [4.78, 5) is 101. The topological polar surface area (TPSA) is 579 Å². The normalized spacial score (nSPS) is 15.3. The van der Waals surface area contributed by atoms with Gasteiger partial charge in [0.15, 0.2) is 34.7 Å². The van der Waals surface area contributed by atoms with Crippen LogP contribution >= 0.6 is 12.2 Å². The number of carbonyl (C=O) groups is 9. The number of aliphatic carboxylic acids is 3. The molecule has 0 bridgehead atoms. The summed E-state index contributed by atoms with van der Waals surface area (Å²) >= 11 is 5.06. The number of Topliss-reactive ketones (excluding diaryl/α,β-unsaturated/α-hetero) is 6. The Morgan fingerprint density at radius 3 is 1.07 bits per heavy atom. The van der Waals surface area contributed by atoms with Gasteiger partial charge in [0.25, 0.3) is 0 Å². The van der Waals surface area contributed by atoms with Crippen molar-refractivity contribution in [2.45, 2.75) is 229 Å². The van der Waals surface area contributed by atoms with Crippen molar-refractivity contribution >= 4 is 69.7 Å². The van der Waals surface area contributed by atoms with Gasteiger partial charge in [0.2, 0.25) is 0 Å². The highest BCUT2D eigenvalue weighted by atomic mass is 32.1. The van der Waals surface area contributed by atoms with Gasteiger partial charge in [-0.05, 0) is 92.4 Å². The van der Waals surface area contributed by atoms with E-state index in [2.05, 4.69) is 41.5 Å². The maximum atomic E-state index is 11.6. The number of carboxylic acids is 3. The molecule has 1 aromatic carbocycles. The molecule has 1 aromatic rings. The molecule has 0 amide bonds. The second-order valence-electron chi connectivity index (χ2n) is 26.3. The van der Waals surface area contributed by atoms with Gasteiger partial charge in [-0.25, -0.2) is 0 Å². The highest BCUT2D eigenvalue weighted by molar-refractivity contribution is 7.80. The lowest BCUT2D eigenvalue weighted by molar-refractivity contribution is -0.146. The molecule has 0 saturated heterocycles. The second kappa shape index (κ2) is 59.4. The standard InChI is InChI=1S/C13H18N2O3.C11H24N2O.C10H20N2O3.C10H20N2O2S.C10H22N2O.C7H16N2O.C6H14N2O/c14-8-11(15)12(16)7-10(13(17)18)6-9-4-2-1-3-5-9;1-7(2)5-8(3)6-10(14)11(13)9(4)12;1-3-6(2)7(10(14)15)4-9(13)8(12)5-11;1-6(2)3-7(10(13)14)4-9(15)8(12)5-11;1-7(2)4-8(3)5-10(13)9(12)6-11;1-5(2)3-7(10)6(9)4-8;1-2-3-6(9)5(8)4-7/h1-5,10-11H,6-8,14-15H2,(H,17,18);7-9,11H,5-6,12-13H2,1-4H3;6-8H,3-5,11-12H2,1-2H3,(H,14,15);6-8H,3-5,11-12H2,1-2H3,(H,13,14);7-9H,4-6,11-12H2,1-3H3;5-6H,3-4,8-9H2,1-2H3;5H,2-4,7-8H2,1H3/t10-,11+;8-,9+,11+;6?,7-,8-;7-,8+;8-,9+;6-;5-/m1101110/s1. The van der Waals surface area contributed by atoms with E-state index in [0.717, 1.165) is 31.2 Å². The number of nitrogens with two attached hydrogens (primary N) is 14. The molecule has 0 aliphatic heterocycles. The number of rotatable bonds is 41. The van der Waals surface area contributed by atoms with Gasteiger partial charge < -0.3 is 95.6 Å². The zero-order valence-corrected chi connectivity index (χ0v) is 60.5. The molecule has 0 saturated carbocycles. The first-order valence-electron chi connectivity index (χ1n) is 33.1. The molecule has 31 N–H and O–H groups in total. The molecule has 1 rings (SSSR count).